The summed E-state index contributed by atoms with van der Waals surface area (Å²) in [4.78, 5) is 12.9. The highest BCUT2D eigenvalue weighted by molar-refractivity contribution is 5.78. The maximum atomic E-state index is 12.9. The van der Waals surface area contributed by atoms with Gasteiger partial charge in [-0.15, -0.1) is 6.58 Å². The molecule has 1 fully saturated rings. The molecule has 26 heavy (non-hydrogen) atoms. The first-order chi connectivity index (χ1) is 12.3. The van der Waals surface area contributed by atoms with E-state index in [1.54, 1.807) is 20.3 Å². The predicted molar refractivity (Wildman–Crippen MR) is 103 cm³/mol. The average Bonchev–Trinajstić information content (AvgIpc) is 3.12. The Morgan fingerprint density at radius 1 is 1.27 bits per heavy atom. The Morgan fingerprint density at radius 3 is 2.50 bits per heavy atom. The van der Waals surface area contributed by atoms with Crippen LogP contribution in [0.25, 0.3) is 0 Å². The number of rotatable bonds is 8. The zero-order valence-corrected chi connectivity index (χ0v) is 16.7. The lowest BCUT2D eigenvalue weighted by atomic mass is 10.0. The van der Waals surface area contributed by atoms with Gasteiger partial charge in [0.1, 0.15) is 6.10 Å². The Balaban J connectivity index is 2.26. The van der Waals surface area contributed by atoms with Gasteiger partial charge < -0.3 is 14.2 Å². The number of hydrogen-bond donors (Lipinski definition) is 0. The van der Waals surface area contributed by atoms with Gasteiger partial charge in [0.2, 0.25) is 0 Å². The number of benzene rings is 1. The minimum Gasteiger partial charge on any atom is -0.493 e. The van der Waals surface area contributed by atoms with E-state index in [4.69, 9.17) is 14.2 Å². The van der Waals surface area contributed by atoms with Crippen molar-refractivity contribution in [1.29, 1.82) is 0 Å². The van der Waals surface area contributed by atoms with Crippen molar-refractivity contribution in [1.82, 2.24) is 0 Å². The molecule has 142 valence electrons. The topological polar surface area (TPSA) is 44.8 Å². The summed E-state index contributed by atoms with van der Waals surface area (Å²) in [6.07, 6.45) is 3.98. The molecular formula is C22H30O4. The molecule has 0 N–H and O–H groups in total. The van der Waals surface area contributed by atoms with Gasteiger partial charge >= 0.3 is 5.97 Å². The molecule has 4 heteroatoms. The van der Waals surface area contributed by atoms with Crippen molar-refractivity contribution in [2.75, 3.05) is 14.2 Å². The quantitative estimate of drug-likeness (QED) is 0.479. The molecule has 1 aromatic carbocycles. The van der Waals surface area contributed by atoms with Crippen LogP contribution >= 0.6 is 0 Å². The van der Waals surface area contributed by atoms with Crippen LogP contribution in [0, 0.1) is 17.3 Å². The smallest absolute Gasteiger partial charge is 0.310 e. The molecule has 0 spiro atoms. The van der Waals surface area contributed by atoms with E-state index < -0.39 is 6.10 Å². The molecule has 0 unspecified atom stereocenters. The summed E-state index contributed by atoms with van der Waals surface area (Å²) >= 11 is 0. The molecule has 1 aliphatic rings. The lowest BCUT2D eigenvalue weighted by Crippen LogP contribution is -2.16. The Kier molecular flexibility index (Phi) is 6.17. The fraction of sp³-hybridized carbons (Fsp3) is 0.500. The minimum atomic E-state index is -0.450. The average molecular weight is 358 g/mol. The van der Waals surface area contributed by atoms with E-state index in [0.29, 0.717) is 17.9 Å². The summed E-state index contributed by atoms with van der Waals surface area (Å²) in [5.41, 5.74) is 1.93. The van der Waals surface area contributed by atoms with Crippen LogP contribution in [-0.2, 0) is 9.53 Å². The van der Waals surface area contributed by atoms with Crippen molar-refractivity contribution >= 4 is 5.97 Å². The highest BCUT2D eigenvalue weighted by Crippen LogP contribution is 2.60. The largest absolute Gasteiger partial charge is 0.493 e. The minimum absolute atomic E-state index is 0.0778. The van der Waals surface area contributed by atoms with Crippen molar-refractivity contribution in [3.8, 4) is 11.5 Å². The van der Waals surface area contributed by atoms with Crippen LogP contribution in [0.15, 0.2) is 42.5 Å². The van der Waals surface area contributed by atoms with Crippen LogP contribution < -0.4 is 9.47 Å². The Bertz CT molecular complexity index is 698. The fourth-order valence-electron chi connectivity index (χ4n) is 3.57. The number of carbonyl (C=O) groups is 1. The van der Waals surface area contributed by atoms with Crippen molar-refractivity contribution in [2.24, 2.45) is 17.3 Å². The molecule has 1 saturated carbocycles. The number of methoxy groups -OCH3 is 2. The normalized spacial score (nSPS) is 21.3. The molecule has 4 nitrogen and oxygen atoms in total. The van der Waals surface area contributed by atoms with Crippen LogP contribution in [-0.4, -0.2) is 20.2 Å². The fourth-order valence-corrected chi connectivity index (χ4v) is 3.57. The molecule has 0 heterocycles. The molecule has 0 amide bonds. The summed E-state index contributed by atoms with van der Waals surface area (Å²) in [7, 11) is 3.18. The highest BCUT2D eigenvalue weighted by Gasteiger charge is 2.61. The standard InChI is InChI=1S/C22H30O4/c1-8-10-17(15-11-9-12-18(24-6)20(15)25-7)26-21(23)19-16(13-14(2)3)22(19,4)5/h8-9,11-13,16-17,19H,1,10H2,2-7H3/t16-,17+,19+/m1/s1. The second kappa shape index (κ2) is 7.98. The van der Waals surface area contributed by atoms with Crippen LogP contribution in [0.1, 0.15) is 45.8 Å². The molecule has 0 radical (unpaired) electrons. The molecule has 0 bridgehead atoms. The predicted octanol–water partition coefficient (Wildman–Crippen LogP) is 5.10. The van der Waals surface area contributed by atoms with E-state index in [-0.39, 0.29) is 23.2 Å². The number of ether oxygens (including phenoxy) is 3. The van der Waals surface area contributed by atoms with E-state index in [1.807, 2.05) is 18.2 Å². The van der Waals surface area contributed by atoms with Gasteiger partial charge in [0.15, 0.2) is 11.5 Å². The van der Waals surface area contributed by atoms with Gasteiger partial charge in [-0.2, -0.15) is 0 Å². The van der Waals surface area contributed by atoms with Gasteiger partial charge in [0, 0.05) is 12.0 Å². The van der Waals surface area contributed by atoms with Gasteiger partial charge in [0.05, 0.1) is 20.1 Å². The lowest BCUT2D eigenvalue weighted by molar-refractivity contribution is -0.152. The molecule has 0 saturated heterocycles. The first-order valence-corrected chi connectivity index (χ1v) is 8.95. The number of para-hydroxylation sites is 1. The summed E-state index contributed by atoms with van der Waals surface area (Å²) in [5.74, 6) is 1.13. The van der Waals surface area contributed by atoms with E-state index in [9.17, 15) is 4.79 Å². The maximum Gasteiger partial charge on any atom is 0.310 e. The molecule has 2 rings (SSSR count). The molecular weight excluding hydrogens is 328 g/mol. The third kappa shape index (κ3) is 3.95. The van der Waals surface area contributed by atoms with Crippen LogP contribution in [0.3, 0.4) is 0 Å². The highest BCUT2D eigenvalue weighted by atomic mass is 16.5. The first-order valence-electron chi connectivity index (χ1n) is 8.95. The number of allylic oxidation sites excluding steroid dienone is 2. The summed E-state index contributed by atoms with van der Waals surface area (Å²) < 4.78 is 16.8. The second-order valence-corrected chi connectivity index (χ2v) is 7.60. The maximum absolute atomic E-state index is 12.9. The van der Waals surface area contributed by atoms with Gasteiger partial charge in [-0.05, 0) is 31.2 Å². The number of carbonyl (C=O) groups excluding carboxylic acids is 1. The Labute approximate surface area is 156 Å². The zero-order chi connectivity index (χ0) is 19.5. The Hall–Kier alpha value is -2.23. The number of hydrogen-bond acceptors (Lipinski definition) is 4. The molecule has 3 atom stereocenters. The van der Waals surface area contributed by atoms with Gasteiger partial charge in [0.25, 0.3) is 0 Å². The molecule has 1 aliphatic carbocycles. The summed E-state index contributed by atoms with van der Waals surface area (Å²) in [6, 6.07) is 5.59. The van der Waals surface area contributed by atoms with Crippen LogP contribution in [0.4, 0.5) is 0 Å². The van der Waals surface area contributed by atoms with Crippen molar-refractivity contribution in [3.63, 3.8) is 0 Å². The van der Waals surface area contributed by atoms with E-state index in [0.717, 1.165) is 5.56 Å². The van der Waals surface area contributed by atoms with Crippen molar-refractivity contribution in [2.45, 2.75) is 40.2 Å². The Morgan fingerprint density at radius 2 is 1.96 bits per heavy atom. The van der Waals surface area contributed by atoms with E-state index in [2.05, 4.69) is 40.3 Å². The monoisotopic (exact) mass is 358 g/mol. The summed E-state index contributed by atoms with van der Waals surface area (Å²) in [6.45, 7) is 12.1. The first kappa shape index (κ1) is 20.1. The van der Waals surface area contributed by atoms with Crippen molar-refractivity contribution in [3.05, 3.63) is 48.1 Å². The van der Waals surface area contributed by atoms with Gasteiger partial charge in [-0.1, -0.05) is 43.7 Å². The van der Waals surface area contributed by atoms with E-state index in [1.165, 1.54) is 5.57 Å². The SMILES string of the molecule is C=CC[C@H](OC(=O)[C@@H]1[C@@H](C=C(C)C)C1(C)C)c1cccc(OC)c1OC. The third-order valence-electron chi connectivity index (χ3n) is 5.10. The molecule has 0 aromatic heterocycles. The molecule has 1 aromatic rings. The van der Waals surface area contributed by atoms with Gasteiger partial charge in [-0.25, -0.2) is 0 Å². The van der Waals surface area contributed by atoms with Gasteiger partial charge in [-0.3, -0.25) is 4.79 Å². The number of esters is 1. The van der Waals surface area contributed by atoms with E-state index >= 15 is 0 Å². The molecule has 0 aliphatic heterocycles. The van der Waals surface area contributed by atoms with Crippen molar-refractivity contribution < 1.29 is 19.0 Å². The third-order valence-corrected chi connectivity index (χ3v) is 5.10. The van der Waals surface area contributed by atoms with Crippen LogP contribution in [0.5, 0.6) is 11.5 Å². The zero-order valence-electron chi connectivity index (χ0n) is 16.7. The van der Waals surface area contributed by atoms with Crippen LogP contribution in [0.2, 0.25) is 0 Å². The summed E-state index contributed by atoms with van der Waals surface area (Å²) in [5, 5.41) is 0. The lowest BCUT2D eigenvalue weighted by Gasteiger charge is -2.21. The second-order valence-electron chi connectivity index (χ2n) is 7.60.